The molecule has 0 saturated carbocycles. The lowest BCUT2D eigenvalue weighted by molar-refractivity contribution is -0.274. The lowest BCUT2D eigenvalue weighted by Crippen LogP contribution is -2.17. The molecule has 0 aliphatic heterocycles. The molecule has 0 saturated heterocycles. The zero-order valence-corrected chi connectivity index (χ0v) is 11.6. The summed E-state index contributed by atoms with van der Waals surface area (Å²) >= 11 is 11.8. The van der Waals surface area contributed by atoms with E-state index in [0.717, 1.165) is 5.56 Å². The summed E-state index contributed by atoms with van der Waals surface area (Å²) in [5, 5.41) is 0.331. The summed E-state index contributed by atoms with van der Waals surface area (Å²) in [5.74, 6) is -0.0550. The van der Waals surface area contributed by atoms with Gasteiger partial charge in [-0.15, -0.1) is 24.8 Å². The van der Waals surface area contributed by atoms with Crippen LogP contribution in [0.4, 0.5) is 13.2 Å². The summed E-state index contributed by atoms with van der Waals surface area (Å²) in [7, 11) is 0. The molecule has 0 aromatic heterocycles. The maximum atomic E-state index is 12.4. The van der Waals surface area contributed by atoms with E-state index in [-0.39, 0.29) is 17.2 Å². The van der Waals surface area contributed by atoms with E-state index in [1.165, 1.54) is 18.2 Å². The normalized spacial score (nSPS) is 11.4. The summed E-state index contributed by atoms with van der Waals surface area (Å²) < 4.78 is 41.2. The second-order valence-electron chi connectivity index (χ2n) is 3.99. The molecule has 2 rings (SSSR count). The van der Waals surface area contributed by atoms with Crippen molar-refractivity contribution in [2.24, 2.45) is 0 Å². The van der Waals surface area contributed by atoms with E-state index in [1.54, 1.807) is 24.3 Å². The van der Waals surface area contributed by atoms with Gasteiger partial charge in [-0.25, -0.2) is 0 Å². The molecule has 0 heterocycles. The van der Waals surface area contributed by atoms with E-state index in [1.807, 2.05) is 0 Å². The molecule has 6 heteroatoms. The average Bonchev–Trinajstić information content (AvgIpc) is 2.38. The first-order valence-electron chi connectivity index (χ1n) is 5.60. The van der Waals surface area contributed by atoms with E-state index < -0.39 is 6.36 Å². The van der Waals surface area contributed by atoms with Crippen molar-refractivity contribution in [2.45, 2.75) is 12.2 Å². The number of para-hydroxylation sites is 1. The zero-order valence-electron chi connectivity index (χ0n) is 10.0. The molecule has 0 aliphatic carbocycles. The van der Waals surface area contributed by atoms with Crippen molar-refractivity contribution in [3.63, 3.8) is 0 Å². The van der Waals surface area contributed by atoms with Crippen LogP contribution in [0.2, 0.25) is 5.02 Å². The van der Waals surface area contributed by atoms with Crippen molar-refractivity contribution in [3.05, 3.63) is 53.1 Å². The largest absolute Gasteiger partial charge is 0.573 e. The first kappa shape index (κ1) is 15.0. The van der Waals surface area contributed by atoms with Crippen molar-refractivity contribution in [2.75, 3.05) is 0 Å². The first-order chi connectivity index (χ1) is 9.40. The molecule has 0 fully saturated rings. The van der Waals surface area contributed by atoms with Gasteiger partial charge in [-0.3, -0.25) is 0 Å². The molecule has 1 nitrogen and oxygen atoms in total. The smallest absolute Gasteiger partial charge is 0.405 e. The van der Waals surface area contributed by atoms with Crippen molar-refractivity contribution in [1.82, 2.24) is 0 Å². The Morgan fingerprint density at radius 1 is 1.00 bits per heavy atom. The van der Waals surface area contributed by atoms with Gasteiger partial charge in [-0.2, -0.15) is 0 Å². The van der Waals surface area contributed by atoms with Gasteiger partial charge in [-0.05, 0) is 23.8 Å². The highest BCUT2D eigenvalue weighted by atomic mass is 35.5. The van der Waals surface area contributed by atoms with Gasteiger partial charge in [-0.1, -0.05) is 35.9 Å². The Balaban J connectivity index is 2.52. The third kappa shape index (κ3) is 3.58. The first-order valence-corrected chi connectivity index (χ1v) is 6.51. The van der Waals surface area contributed by atoms with E-state index in [0.29, 0.717) is 10.6 Å². The Kier molecular flexibility index (Phi) is 4.45. The Bertz CT molecular complexity index is 612. The highest BCUT2D eigenvalue weighted by molar-refractivity contribution is 6.33. The molecule has 0 spiro atoms. The van der Waals surface area contributed by atoms with Crippen LogP contribution in [-0.4, -0.2) is 6.36 Å². The summed E-state index contributed by atoms with van der Waals surface area (Å²) in [5.41, 5.74) is 1.47. The van der Waals surface area contributed by atoms with Gasteiger partial charge in [0.1, 0.15) is 5.75 Å². The van der Waals surface area contributed by atoms with Gasteiger partial charge in [0.05, 0.1) is 0 Å². The number of halogens is 5. The minimum atomic E-state index is -4.76. The maximum Gasteiger partial charge on any atom is 0.573 e. The van der Waals surface area contributed by atoms with Crippen LogP contribution in [0.25, 0.3) is 11.1 Å². The Hall–Kier alpha value is -1.39. The van der Waals surface area contributed by atoms with Gasteiger partial charge >= 0.3 is 6.36 Å². The number of ether oxygens (including phenoxy) is 1. The monoisotopic (exact) mass is 320 g/mol. The molecule has 0 atom stereocenters. The topological polar surface area (TPSA) is 9.23 Å². The van der Waals surface area contributed by atoms with Gasteiger partial charge in [0, 0.05) is 22.0 Å². The van der Waals surface area contributed by atoms with Crippen LogP contribution in [-0.2, 0) is 5.88 Å². The van der Waals surface area contributed by atoms with Crippen LogP contribution in [0, 0.1) is 0 Å². The second-order valence-corrected chi connectivity index (χ2v) is 4.67. The molecule has 0 aliphatic rings. The van der Waals surface area contributed by atoms with Crippen LogP contribution in [0.5, 0.6) is 5.75 Å². The lowest BCUT2D eigenvalue weighted by atomic mass is 10.0. The van der Waals surface area contributed by atoms with E-state index in [4.69, 9.17) is 23.2 Å². The van der Waals surface area contributed by atoms with Crippen molar-refractivity contribution < 1.29 is 17.9 Å². The fourth-order valence-corrected chi connectivity index (χ4v) is 2.15. The molecule has 106 valence electrons. The molecular weight excluding hydrogens is 312 g/mol. The molecule has 0 amide bonds. The molecule has 0 radical (unpaired) electrons. The van der Waals surface area contributed by atoms with Crippen LogP contribution < -0.4 is 4.74 Å². The number of hydrogen-bond acceptors (Lipinski definition) is 1. The predicted octanol–water partition coefficient (Wildman–Crippen LogP) is 5.64. The van der Waals surface area contributed by atoms with Crippen molar-refractivity contribution >= 4 is 23.2 Å². The fourth-order valence-electron chi connectivity index (χ4n) is 1.76. The summed E-state index contributed by atoms with van der Waals surface area (Å²) in [6.07, 6.45) is -4.76. The third-order valence-electron chi connectivity index (χ3n) is 2.59. The quantitative estimate of drug-likeness (QED) is 0.664. The SMILES string of the molecule is FC(F)(F)Oc1ccccc1-c1cc(CCl)ccc1Cl. The predicted molar refractivity (Wildman–Crippen MR) is 73.1 cm³/mol. The van der Waals surface area contributed by atoms with Crippen LogP contribution in [0.3, 0.4) is 0 Å². The molecule has 20 heavy (non-hydrogen) atoms. The Morgan fingerprint density at radius 2 is 1.70 bits per heavy atom. The number of rotatable bonds is 3. The van der Waals surface area contributed by atoms with Crippen LogP contribution >= 0.6 is 23.2 Å². The van der Waals surface area contributed by atoms with E-state index in [2.05, 4.69) is 4.74 Å². The molecule has 0 bridgehead atoms. The average molecular weight is 321 g/mol. The number of hydrogen-bond donors (Lipinski definition) is 0. The molecular formula is C14H9Cl2F3O. The minimum absolute atomic E-state index is 0.243. The summed E-state index contributed by atoms with van der Waals surface area (Å²) in [4.78, 5) is 0. The molecule has 2 aromatic carbocycles. The van der Waals surface area contributed by atoms with Crippen LogP contribution in [0.1, 0.15) is 5.56 Å². The number of benzene rings is 2. The minimum Gasteiger partial charge on any atom is -0.405 e. The highest BCUT2D eigenvalue weighted by Crippen LogP contribution is 2.37. The van der Waals surface area contributed by atoms with Crippen molar-refractivity contribution in [3.8, 4) is 16.9 Å². The standard InChI is InChI=1S/C14H9Cl2F3O/c15-8-9-5-6-12(16)11(7-9)10-3-1-2-4-13(10)20-14(17,18)19/h1-7H,8H2. The lowest BCUT2D eigenvalue weighted by Gasteiger charge is -2.14. The highest BCUT2D eigenvalue weighted by Gasteiger charge is 2.32. The summed E-state index contributed by atoms with van der Waals surface area (Å²) in [6, 6.07) is 10.8. The maximum absolute atomic E-state index is 12.4. The summed E-state index contributed by atoms with van der Waals surface area (Å²) in [6.45, 7) is 0. The Morgan fingerprint density at radius 3 is 2.35 bits per heavy atom. The molecule has 0 unspecified atom stereocenters. The van der Waals surface area contributed by atoms with Gasteiger partial charge < -0.3 is 4.74 Å². The zero-order chi connectivity index (χ0) is 14.8. The van der Waals surface area contributed by atoms with Gasteiger partial charge in [0.2, 0.25) is 0 Å². The molecule has 0 N–H and O–H groups in total. The van der Waals surface area contributed by atoms with E-state index in [9.17, 15) is 13.2 Å². The van der Waals surface area contributed by atoms with Gasteiger partial charge in [0.15, 0.2) is 0 Å². The fraction of sp³-hybridized carbons (Fsp3) is 0.143. The molecule has 2 aromatic rings. The second kappa shape index (κ2) is 5.94. The van der Waals surface area contributed by atoms with Crippen molar-refractivity contribution in [1.29, 1.82) is 0 Å². The Labute approximate surface area is 123 Å². The third-order valence-corrected chi connectivity index (χ3v) is 3.23. The van der Waals surface area contributed by atoms with E-state index >= 15 is 0 Å². The van der Waals surface area contributed by atoms with Gasteiger partial charge in [0.25, 0.3) is 0 Å². The number of alkyl halides is 4. The van der Waals surface area contributed by atoms with Crippen LogP contribution in [0.15, 0.2) is 42.5 Å².